The molecule has 1 nitrogen and oxygen atoms in total. The molecule has 13 rings (SSSR count). The van der Waals surface area contributed by atoms with Gasteiger partial charge in [0.05, 0.1) is 11.1 Å². The second kappa shape index (κ2) is 13.4. The predicted molar refractivity (Wildman–Crippen MR) is 263 cm³/mol. The molecule has 0 aliphatic heterocycles. The third kappa shape index (κ3) is 5.05. The fraction of sp³-hybridized carbons (Fsp3) is 0.0645. The Balaban J connectivity index is 1.03. The molecule has 296 valence electrons. The summed E-state index contributed by atoms with van der Waals surface area (Å²) in [6.07, 6.45) is 0. The van der Waals surface area contributed by atoms with E-state index in [1.54, 1.807) is 0 Å². The van der Waals surface area contributed by atoms with Crippen molar-refractivity contribution in [2.75, 3.05) is 4.90 Å². The van der Waals surface area contributed by atoms with Gasteiger partial charge in [0.1, 0.15) is 0 Å². The first-order valence-electron chi connectivity index (χ1n) is 22.2. The molecular formula is C62H43N. The summed E-state index contributed by atoms with van der Waals surface area (Å²) in [6.45, 7) is 4.79. The van der Waals surface area contributed by atoms with E-state index in [9.17, 15) is 0 Å². The molecule has 0 unspecified atom stereocenters. The van der Waals surface area contributed by atoms with Gasteiger partial charge in [0, 0.05) is 22.4 Å². The predicted octanol–water partition coefficient (Wildman–Crippen LogP) is 16.3. The lowest BCUT2D eigenvalue weighted by Crippen LogP contribution is -2.26. The van der Waals surface area contributed by atoms with E-state index in [1.807, 2.05) is 0 Å². The van der Waals surface area contributed by atoms with Crippen LogP contribution in [0.1, 0.15) is 47.2 Å². The summed E-state index contributed by atoms with van der Waals surface area (Å²) < 4.78 is 0. The van der Waals surface area contributed by atoms with Crippen molar-refractivity contribution in [1.82, 2.24) is 0 Å². The Labute approximate surface area is 369 Å². The highest BCUT2D eigenvalue weighted by molar-refractivity contribution is 6.01. The van der Waals surface area contributed by atoms with Gasteiger partial charge in [-0.2, -0.15) is 0 Å². The topological polar surface area (TPSA) is 3.24 Å². The second-order valence-corrected chi connectivity index (χ2v) is 18.0. The molecule has 0 saturated heterocycles. The first-order chi connectivity index (χ1) is 31.0. The molecule has 0 radical (unpaired) electrons. The van der Waals surface area contributed by atoms with Gasteiger partial charge in [0.25, 0.3) is 0 Å². The Morgan fingerprint density at radius 1 is 0.302 bits per heavy atom. The van der Waals surface area contributed by atoms with Crippen LogP contribution in [0.4, 0.5) is 17.1 Å². The van der Waals surface area contributed by atoms with Gasteiger partial charge in [0.2, 0.25) is 0 Å². The molecule has 0 aromatic heterocycles. The van der Waals surface area contributed by atoms with Crippen LogP contribution in [0.2, 0.25) is 0 Å². The van der Waals surface area contributed by atoms with Crippen LogP contribution in [0.15, 0.2) is 224 Å². The molecule has 0 bridgehead atoms. The normalized spacial score (nSPS) is 14.1. The largest absolute Gasteiger partial charge is 0.310 e. The van der Waals surface area contributed by atoms with Gasteiger partial charge in [-0.15, -0.1) is 0 Å². The third-order valence-electron chi connectivity index (χ3n) is 14.5. The lowest BCUT2D eigenvalue weighted by molar-refractivity contribution is 0.660. The van der Waals surface area contributed by atoms with E-state index in [4.69, 9.17) is 0 Å². The Kier molecular flexibility index (Phi) is 7.64. The number of hydrogen-bond donors (Lipinski definition) is 0. The first-order valence-corrected chi connectivity index (χ1v) is 22.2. The first kappa shape index (κ1) is 36.0. The summed E-state index contributed by atoms with van der Waals surface area (Å²) in [5.74, 6) is 0. The van der Waals surface area contributed by atoms with E-state index in [0.29, 0.717) is 0 Å². The quantitative estimate of drug-likeness (QED) is 0.168. The summed E-state index contributed by atoms with van der Waals surface area (Å²) in [7, 11) is 0. The van der Waals surface area contributed by atoms with Crippen molar-refractivity contribution in [3.05, 3.63) is 258 Å². The molecule has 0 N–H and O–H groups in total. The molecular weight excluding hydrogens is 759 g/mol. The lowest BCUT2D eigenvalue weighted by Gasteiger charge is -2.32. The van der Waals surface area contributed by atoms with E-state index in [1.165, 1.54) is 105 Å². The Hall–Kier alpha value is -7.74. The highest BCUT2D eigenvalue weighted by Gasteiger charge is 2.52. The minimum absolute atomic E-state index is 0.205. The third-order valence-corrected chi connectivity index (χ3v) is 14.5. The number of fused-ring (bicyclic) bond motifs is 14. The lowest BCUT2D eigenvalue weighted by atomic mass is 9.70. The van der Waals surface area contributed by atoms with E-state index in [-0.39, 0.29) is 5.41 Å². The minimum atomic E-state index is -0.432. The number of rotatable bonds is 5. The van der Waals surface area contributed by atoms with E-state index in [2.05, 4.69) is 243 Å². The van der Waals surface area contributed by atoms with Gasteiger partial charge in [-0.1, -0.05) is 196 Å². The molecule has 3 aliphatic carbocycles. The fourth-order valence-corrected chi connectivity index (χ4v) is 11.6. The van der Waals surface area contributed by atoms with Gasteiger partial charge in [-0.3, -0.25) is 0 Å². The Bertz CT molecular complexity index is 3440. The van der Waals surface area contributed by atoms with E-state index >= 15 is 0 Å². The monoisotopic (exact) mass is 801 g/mol. The maximum Gasteiger partial charge on any atom is 0.0726 e. The van der Waals surface area contributed by atoms with Gasteiger partial charge in [0.15, 0.2) is 0 Å². The van der Waals surface area contributed by atoms with Crippen LogP contribution >= 0.6 is 0 Å². The fourth-order valence-electron chi connectivity index (χ4n) is 11.6. The molecule has 0 heterocycles. The zero-order chi connectivity index (χ0) is 41.9. The van der Waals surface area contributed by atoms with Crippen molar-refractivity contribution in [3.8, 4) is 55.6 Å². The SMILES string of the molecule is CC1(C)c2cc(-c3ccccc3)ccc2-c2ccc(N(c3ccc(-c4ccc5ccccc5c4)cc3)c3cccc4c3-c3ccccc3C43c4ccccc4-c4ccccc43)cc21. The summed E-state index contributed by atoms with van der Waals surface area (Å²) in [6, 6.07) is 84.0. The van der Waals surface area contributed by atoms with Gasteiger partial charge < -0.3 is 4.90 Å². The molecule has 10 aromatic carbocycles. The van der Waals surface area contributed by atoms with Crippen LogP contribution < -0.4 is 4.90 Å². The molecule has 0 saturated carbocycles. The molecule has 1 spiro atoms. The molecule has 0 atom stereocenters. The number of anilines is 3. The summed E-state index contributed by atoms with van der Waals surface area (Å²) in [5.41, 5.74) is 23.7. The van der Waals surface area contributed by atoms with Gasteiger partial charge in [-0.25, -0.2) is 0 Å². The van der Waals surface area contributed by atoms with Crippen molar-refractivity contribution in [2.45, 2.75) is 24.7 Å². The molecule has 63 heavy (non-hydrogen) atoms. The Morgan fingerprint density at radius 3 is 1.52 bits per heavy atom. The van der Waals surface area contributed by atoms with Crippen molar-refractivity contribution in [2.24, 2.45) is 0 Å². The number of nitrogens with zero attached hydrogens (tertiary/aromatic N) is 1. The summed E-state index contributed by atoms with van der Waals surface area (Å²) >= 11 is 0. The Morgan fingerprint density at radius 2 is 0.794 bits per heavy atom. The van der Waals surface area contributed by atoms with Crippen LogP contribution in [-0.4, -0.2) is 0 Å². The zero-order valence-electron chi connectivity index (χ0n) is 35.3. The van der Waals surface area contributed by atoms with Crippen LogP contribution in [0.25, 0.3) is 66.4 Å². The average Bonchev–Trinajstić information content (AvgIpc) is 3.90. The number of hydrogen-bond acceptors (Lipinski definition) is 1. The van der Waals surface area contributed by atoms with Crippen LogP contribution in [0.5, 0.6) is 0 Å². The maximum absolute atomic E-state index is 2.53. The maximum atomic E-state index is 2.53. The molecule has 1 heteroatoms. The molecule has 10 aromatic rings. The number of benzene rings is 10. The van der Waals surface area contributed by atoms with Crippen molar-refractivity contribution >= 4 is 27.8 Å². The van der Waals surface area contributed by atoms with E-state index in [0.717, 1.165) is 11.4 Å². The smallest absolute Gasteiger partial charge is 0.0726 e. The van der Waals surface area contributed by atoms with Crippen molar-refractivity contribution in [3.63, 3.8) is 0 Å². The summed E-state index contributed by atoms with van der Waals surface area (Å²) in [5, 5.41) is 2.51. The highest BCUT2D eigenvalue weighted by atomic mass is 15.1. The van der Waals surface area contributed by atoms with Gasteiger partial charge >= 0.3 is 0 Å². The minimum Gasteiger partial charge on any atom is -0.310 e. The molecule has 0 fully saturated rings. The second-order valence-electron chi connectivity index (χ2n) is 18.0. The standard InChI is InChI=1S/C62H43N/c1-61(2)57-38-45(40-15-4-3-5-16-40)31-35-50(57)51-36-34-47(39-58(51)61)63(46-32-29-42(30-33-46)44-28-27-41-17-6-7-18-43(41)37-44)59-26-14-25-56-60(59)52-21-10-13-24-55(52)62(56)53-22-11-8-19-48(53)49-20-9-12-23-54(49)62/h3-39H,1-2H3. The molecule has 0 amide bonds. The molecule has 3 aliphatic rings. The van der Waals surface area contributed by atoms with E-state index < -0.39 is 5.41 Å². The van der Waals surface area contributed by atoms with Gasteiger partial charge in [-0.05, 0) is 137 Å². The zero-order valence-corrected chi connectivity index (χ0v) is 35.3. The van der Waals surface area contributed by atoms with Crippen molar-refractivity contribution in [1.29, 1.82) is 0 Å². The summed E-state index contributed by atoms with van der Waals surface area (Å²) in [4.78, 5) is 2.53. The average molecular weight is 802 g/mol. The van der Waals surface area contributed by atoms with Crippen LogP contribution in [-0.2, 0) is 10.8 Å². The van der Waals surface area contributed by atoms with Crippen LogP contribution in [0.3, 0.4) is 0 Å². The van der Waals surface area contributed by atoms with Crippen LogP contribution in [0, 0.1) is 0 Å². The van der Waals surface area contributed by atoms with Crippen molar-refractivity contribution < 1.29 is 0 Å². The highest BCUT2D eigenvalue weighted by Crippen LogP contribution is 2.65.